The van der Waals surface area contributed by atoms with Gasteiger partial charge in [-0.15, -0.1) is 0 Å². The predicted octanol–water partition coefficient (Wildman–Crippen LogP) is 4.99. The smallest absolute Gasteiger partial charge is 0.131 e. The van der Waals surface area contributed by atoms with Gasteiger partial charge in [-0.1, -0.05) is 41.4 Å². The van der Waals surface area contributed by atoms with Gasteiger partial charge >= 0.3 is 0 Å². The third kappa shape index (κ3) is 3.88. The number of halogens is 3. The zero-order chi connectivity index (χ0) is 15.4. The molecule has 0 amide bonds. The average molecular weight is 328 g/mol. The second-order valence-corrected chi connectivity index (χ2v) is 5.48. The molecular weight excluding hydrogens is 312 g/mol. The molecule has 0 fully saturated rings. The molecule has 0 bridgehead atoms. The minimum atomic E-state index is -0.299. The summed E-state index contributed by atoms with van der Waals surface area (Å²) in [7, 11) is 1.79. The van der Waals surface area contributed by atoms with Crippen LogP contribution in [0.2, 0.25) is 10.0 Å². The van der Waals surface area contributed by atoms with Gasteiger partial charge in [0, 0.05) is 23.2 Å². The molecule has 1 unspecified atom stereocenters. The van der Waals surface area contributed by atoms with Crippen LogP contribution in [0.4, 0.5) is 4.39 Å². The summed E-state index contributed by atoms with van der Waals surface area (Å²) in [5.41, 5.74) is 1.36. The summed E-state index contributed by atoms with van der Waals surface area (Å²) in [5.74, 6) is 0.155. The van der Waals surface area contributed by atoms with Gasteiger partial charge in [-0.05, 0) is 26.1 Å². The summed E-state index contributed by atoms with van der Waals surface area (Å²) in [6.45, 7) is 2.13. The minimum absolute atomic E-state index is 0.0542. The van der Waals surface area contributed by atoms with E-state index in [1.165, 1.54) is 6.07 Å². The largest absolute Gasteiger partial charge is 0.489 e. The van der Waals surface area contributed by atoms with Gasteiger partial charge in [-0.2, -0.15) is 0 Å². The Morgan fingerprint density at radius 1 is 1.24 bits per heavy atom. The monoisotopic (exact) mass is 327 g/mol. The summed E-state index contributed by atoms with van der Waals surface area (Å²) >= 11 is 12.0. The molecule has 0 saturated carbocycles. The Morgan fingerprint density at radius 3 is 2.67 bits per heavy atom. The van der Waals surface area contributed by atoms with E-state index < -0.39 is 0 Å². The molecular formula is C16H16Cl2FNO. The molecule has 0 aliphatic rings. The van der Waals surface area contributed by atoms with E-state index in [4.69, 9.17) is 27.9 Å². The van der Waals surface area contributed by atoms with Gasteiger partial charge < -0.3 is 10.1 Å². The SMILES string of the molecule is CNC(C)c1ccc(OCc2cccc(Cl)c2Cl)cc1F. The van der Waals surface area contributed by atoms with Crippen molar-refractivity contribution in [2.24, 2.45) is 0 Å². The van der Waals surface area contributed by atoms with Gasteiger partial charge in [0.25, 0.3) is 0 Å². The first-order chi connectivity index (χ1) is 10.0. The van der Waals surface area contributed by atoms with Gasteiger partial charge in [0.2, 0.25) is 0 Å². The topological polar surface area (TPSA) is 21.3 Å². The summed E-state index contributed by atoms with van der Waals surface area (Å²) in [6, 6.07) is 10.1. The molecule has 0 aromatic heterocycles. The Hall–Kier alpha value is -1.29. The van der Waals surface area contributed by atoms with Gasteiger partial charge in [0.1, 0.15) is 18.2 Å². The molecule has 0 radical (unpaired) electrons. The first kappa shape index (κ1) is 16.1. The first-order valence-corrected chi connectivity index (χ1v) is 7.31. The maximum absolute atomic E-state index is 14.0. The summed E-state index contributed by atoms with van der Waals surface area (Å²) in [4.78, 5) is 0. The third-order valence-electron chi connectivity index (χ3n) is 3.30. The van der Waals surface area contributed by atoms with Crippen LogP contribution in [0.15, 0.2) is 36.4 Å². The molecule has 2 aromatic rings. The van der Waals surface area contributed by atoms with Crippen molar-refractivity contribution >= 4 is 23.2 Å². The second kappa shape index (κ2) is 7.12. The van der Waals surface area contributed by atoms with Gasteiger partial charge in [0.15, 0.2) is 0 Å². The fourth-order valence-electron chi connectivity index (χ4n) is 1.93. The highest BCUT2D eigenvalue weighted by molar-refractivity contribution is 6.42. The molecule has 1 atom stereocenters. The van der Waals surface area contributed by atoms with Crippen LogP contribution >= 0.6 is 23.2 Å². The van der Waals surface area contributed by atoms with Crippen LogP contribution in [0, 0.1) is 5.82 Å². The fraction of sp³-hybridized carbons (Fsp3) is 0.250. The van der Waals surface area contributed by atoms with Crippen molar-refractivity contribution in [2.45, 2.75) is 19.6 Å². The predicted molar refractivity (Wildman–Crippen MR) is 84.7 cm³/mol. The van der Waals surface area contributed by atoms with Crippen molar-refractivity contribution in [3.63, 3.8) is 0 Å². The molecule has 112 valence electrons. The second-order valence-electron chi connectivity index (χ2n) is 4.70. The van der Waals surface area contributed by atoms with Crippen LogP contribution in [0.1, 0.15) is 24.1 Å². The highest BCUT2D eigenvalue weighted by Gasteiger charge is 2.11. The maximum atomic E-state index is 14.0. The van der Waals surface area contributed by atoms with Crippen molar-refractivity contribution < 1.29 is 9.13 Å². The number of benzene rings is 2. The molecule has 0 heterocycles. The van der Waals surface area contributed by atoms with E-state index in [9.17, 15) is 4.39 Å². The van der Waals surface area contributed by atoms with E-state index >= 15 is 0 Å². The minimum Gasteiger partial charge on any atom is -0.489 e. The van der Waals surface area contributed by atoms with E-state index in [0.29, 0.717) is 21.4 Å². The highest BCUT2D eigenvalue weighted by Crippen LogP contribution is 2.27. The Balaban J connectivity index is 2.10. The van der Waals surface area contributed by atoms with Gasteiger partial charge in [-0.25, -0.2) is 4.39 Å². The summed E-state index contributed by atoms with van der Waals surface area (Å²) in [6.07, 6.45) is 0. The van der Waals surface area contributed by atoms with Crippen molar-refractivity contribution in [3.05, 3.63) is 63.4 Å². The molecule has 2 aromatic carbocycles. The zero-order valence-electron chi connectivity index (χ0n) is 11.8. The van der Waals surface area contributed by atoms with Crippen LogP contribution < -0.4 is 10.1 Å². The van der Waals surface area contributed by atoms with E-state index in [0.717, 1.165) is 5.56 Å². The number of rotatable bonds is 5. The Labute approximate surface area is 133 Å². The van der Waals surface area contributed by atoms with Crippen LogP contribution in [-0.2, 0) is 6.61 Å². The van der Waals surface area contributed by atoms with Crippen LogP contribution in [0.5, 0.6) is 5.75 Å². The van der Waals surface area contributed by atoms with E-state index in [-0.39, 0.29) is 18.5 Å². The van der Waals surface area contributed by atoms with Gasteiger partial charge in [0.05, 0.1) is 10.0 Å². The van der Waals surface area contributed by atoms with Crippen molar-refractivity contribution in [2.75, 3.05) is 7.05 Å². The summed E-state index contributed by atoms with van der Waals surface area (Å²) in [5, 5.41) is 3.93. The maximum Gasteiger partial charge on any atom is 0.131 e. The van der Waals surface area contributed by atoms with Crippen molar-refractivity contribution in [1.82, 2.24) is 5.32 Å². The molecule has 1 N–H and O–H groups in total. The summed E-state index contributed by atoms with van der Waals surface area (Å²) < 4.78 is 19.6. The normalized spacial score (nSPS) is 12.2. The number of hydrogen-bond donors (Lipinski definition) is 1. The quantitative estimate of drug-likeness (QED) is 0.835. The van der Waals surface area contributed by atoms with Crippen molar-refractivity contribution in [3.8, 4) is 5.75 Å². The lowest BCUT2D eigenvalue weighted by atomic mass is 10.1. The zero-order valence-corrected chi connectivity index (χ0v) is 13.3. The Kier molecular flexibility index (Phi) is 5.45. The van der Waals surface area contributed by atoms with Crippen LogP contribution in [0.25, 0.3) is 0 Å². The third-order valence-corrected chi connectivity index (χ3v) is 4.16. The van der Waals surface area contributed by atoms with Gasteiger partial charge in [-0.3, -0.25) is 0 Å². The van der Waals surface area contributed by atoms with E-state index in [1.807, 2.05) is 13.0 Å². The standard InChI is InChI=1S/C16H16Cl2FNO/c1-10(20-2)13-7-6-12(8-15(13)19)21-9-11-4-3-5-14(17)16(11)18/h3-8,10,20H,9H2,1-2H3. The average Bonchev–Trinajstić information content (AvgIpc) is 2.48. The first-order valence-electron chi connectivity index (χ1n) is 6.55. The number of ether oxygens (including phenoxy) is 1. The van der Waals surface area contributed by atoms with Crippen LogP contribution in [-0.4, -0.2) is 7.05 Å². The Morgan fingerprint density at radius 2 is 2.00 bits per heavy atom. The number of hydrogen-bond acceptors (Lipinski definition) is 2. The molecule has 5 heteroatoms. The lowest BCUT2D eigenvalue weighted by molar-refractivity contribution is 0.304. The lowest BCUT2D eigenvalue weighted by Crippen LogP contribution is -2.13. The molecule has 2 rings (SSSR count). The molecule has 0 aliphatic carbocycles. The molecule has 0 saturated heterocycles. The van der Waals surface area contributed by atoms with Crippen molar-refractivity contribution in [1.29, 1.82) is 0 Å². The van der Waals surface area contributed by atoms with E-state index in [2.05, 4.69) is 5.32 Å². The fourth-order valence-corrected chi connectivity index (χ4v) is 2.30. The molecule has 0 aliphatic heterocycles. The lowest BCUT2D eigenvalue weighted by Gasteiger charge is -2.13. The highest BCUT2D eigenvalue weighted by atomic mass is 35.5. The Bertz CT molecular complexity index is 634. The molecule has 21 heavy (non-hydrogen) atoms. The number of nitrogens with one attached hydrogen (secondary N) is 1. The van der Waals surface area contributed by atoms with E-state index in [1.54, 1.807) is 31.3 Å². The molecule has 2 nitrogen and oxygen atoms in total. The van der Waals surface area contributed by atoms with Crippen LogP contribution in [0.3, 0.4) is 0 Å². The molecule has 0 spiro atoms.